The molecule has 0 aromatic carbocycles. The van der Waals surface area contributed by atoms with E-state index in [0.717, 1.165) is 17.7 Å². The molecule has 2 heterocycles. The summed E-state index contributed by atoms with van der Waals surface area (Å²) in [6.07, 6.45) is 13.1. The van der Waals surface area contributed by atoms with Crippen LogP contribution in [-0.4, -0.2) is 25.9 Å². The molecule has 3 atom stereocenters. The smallest absolute Gasteiger partial charge is 0.154 e. The van der Waals surface area contributed by atoms with E-state index in [1.54, 1.807) is 23.0 Å². The Kier molecular flexibility index (Phi) is 5.52. The highest BCUT2D eigenvalue weighted by molar-refractivity contribution is 5.79. The SMILES string of the molecule is C#C/C=C\c1c(C)ncnc1-c1cn(C(CC#N)C2CCC(F)C2)nc1N. The number of halogens is 1. The molecule has 27 heavy (non-hydrogen) atoms. The quantitative estimate of drug-likeness (QED) is 0.820. The maximum atomic E-state index is 13.7. The molecule has 6 nitrogen and oxygen atoms in total. The Morgan fingerprint density at radius 2 is 2.30 bits per heavy atom. The maximum Gasteiger partial charge on any atom is 0.154 e. The summed E-state index contributed by atoms with van der Waals surface area (Å²) in [7, 11) is 0. The molecule has 1 aliphatic carbocycles. The largest absolute Gasteiger partial charge is 0.382 e. The van der Waals surface area contributed by atoms with E-state index < -0.39 is 6.17 Å². The van der Waals surface area contributed by atoms with E-state index in [1.165, 1.54) is 6.33 Å². The highest BCUT2D eigenvalue weighted by atomic mass is 19.1. The van der Waals surface area contributed by atoms with Crippen molar-refractivity contribution in [3.8, 4) is 29.7 Å². The van der Waals surface area contributed by atoms with Crippen LogP contribution >= 0.6 is 0 Å². The van der Waals surface area contributed by atoms with Crippen LogP contribution in [0.4, 0.5) is 10.2 Å². The molecular formula is C20H21FN6. The number of allylic oxidation sites excluding steroid dienone is 1. The van der Waals surface area contributed by atoms with Crippen molar-refractivity contribution in [2.24, 2.45) is 5.92 Å². The third-order valence-electron chi connectivity index (χ3n) is 5.04. The number of nitrogens with zero attached hydrogens (tertiary/aromatic N) is 5. The lowest BCUT2D eigenvalue weighted by atomic mass is 9.96. The van der Waals surface area contributed by atoms with Crippen molar-refractivity contribution < 1.29 is 4.39 Å². The van der Waals surface area contributed by atoms with Crippen LogP contribution in [0.5, 0.6) is 0 Å². The average Bonchev–Trinajstić information content (AvgIpc) is 3.24. The zero-order chi connectivity index (χ0) is 19.4. The number of rotatable bonds is 5. The summed E-state index contributed by atoms with van der Waals surface area (Å²) in [5.74, 6) is 2.83. The Labute approximate surface area is 157 Å². The van der Waals surface area contributed by atoms with E-state index in [-0.39, 0.29) is 18.4 Å². The Morgan fingerprint density at radius 1 is 1.48 bits per heavy atom. The van der Waals surface area contributed by atoms with E-state index in [4.69, 9.17) is 12.2 Å². The van der Waals surface area contributed by atoms with Crippen LogP contribution in [-0.2, 0) is 0 Å². The molecule has 0 amide bonds. The molecule has 2 aromatic heterocycles. The van der Waals surface area contributed by atoms with Crippen molar-refractivity contribution in [3.63, 3.8) is 0 Å². The molecular weight excluding hydrogens is 343 g/mol. The Hall–Kier alpha value is -3.19. The summed E-state index contributed by atoms with van der Waals surface area (Å²) < 4.78 is 15.4. The highest BCUT2D eigenvalue weighted by Crippen LogP contribution is 2.39. The molecule has 1 aliphatic rings. The predicted octanol–water partition coefficient (Wildman–Crippen LogP) is 3.47. The third kappa shape index (κ3) is 3.83. The fraction of sp³-hybridized carbons (Fsp3) is 0.400. The maximum absolute atomic E-state index is 13.7. The Morgan fingerprint density at radius 3 is 2.96 bits per heavy atom. The van der Waals surface area contributed by atoms with Gasteiger partial charge in [0.2, 0.25) is 0 Å². The second-order valence-electron chi connectivity index (χ2n) is 6.73. The van der Waals surface area contributed by atoms with Crippen LogP contribution in [0.15, 0.2) is 18.6 Å². The molecule has 0 spiro atoms. The van der Waals surface area contributed by atoms with E-state index >= 15 is 0 Å². The minimum Gasteiger partial charge on any atom is -0.382 e. The number of nitrogen functional groups attached to an aromatic ring is 1. The summed E-state index contributed by atoms with van der Waals surface area (Å²) in [4.78, 5) is 8.57. The molecule has 1 saturated carbocycles. The molecule has 0 aliphatic heterocycles. The van der Waals surface area contributed by atoms with Crippen LogP contribution in [0.1, 0.15) is 43.0 Å². The standard InChI is InChI=1S/C20H21FN6/c1-3-4-5-16-13(2)24-12-25-19(16)17-11-27(26-20(17)23)18(8-9-22)14-6-7-15(21)10-14/h1,4-5,11-12,14-15,18H,6-8,10H2,2H3,(H2,23,26)/b5-4-. The lowest BCUT2D eigenvalue weighted by Gasteiger charge is -2.21. The second kappa shape index (κ2) is 8.01. The number of nitriles is 1. The number of anilines is 1. The van der Waals surface area contributed by atoms with Gasteiger partial charge in [-0.3, -0.25) is 4.68 Å². The molecule has 2 N–H and O–H groups in total. The normalized spacial score (nSPS) is 20.4. The van der Waals surface area contributed by atoms with Crippen LogP contribution in [0, 0.1) is 36.5 Å². The second-order valence-corrected chi connectivity index (χ2v) is 6.73. The van der Waals surface area contributed by atoms with Gasteiger partial charge in [0, 0.05) is 17.5 Å². The van der Waals surface area contributed by atoms with Gasteiger partial charge in [0.25, 0.3) is 0 Å². The van der Waals surface area contributed by atoms with Gasteiger partial charge in [0.05, 0.1) is 29.8 Å². The molecule has 3 unspecified atom stereocenters. The van der Waals surface area contributed by atoms with Gasteiger partial charge in [-0.2, -0.15) is 10.4 Å². The fourth-order valence-electron chi connectivity index (χ4n) is 3.67. The topological polar surface area (TPSA) is 93.4 Å². The first-order valence-corrected chi connectivity index (χ1v) is 8.85. The van der Waals surface area contributed by atoms with Gasteiger partial charge in [-0.05, 0) is 44.3 Å². The van der Waals surface area contributed by atoms with Gasteiger partial charge < -0.3 is 5.73 Å². The minimum atomic E-state index is -0.811. The molecule has 2 aromatic rings. The Bertz CT molecular complexity index is 933. The van der Waals surface area contributed by atoms with Gasteiger partial charge in [-0.1, -0.05) is 5.92 Å². The van der Waals surface area contributed by atoms with Crippen molar-refractivity contribution in [2.75, 3.05) is 5.73 Å². The van der Waals surface area contributed by atoms with E-state index in [2.05, 4.69) is 27.1 Å². The zero-order valence-corrected chi connectivity index (χ0v) is 15.1. The highest BCUT2D eigenvalue weighted by Gasteiger charge is 2.33. The monoisotopic (exact) mass is 364 g/mol. The first kappa shape index (κ1) is 18.6. The minimum absolute atomic E-state index is 0.0692. The summed E-state index contributed by atoms with van der Waals surface area (Å²) in [6.45, 7) is 1.86. The van der Waals surface area contributed by atoms with E-state index in [1.807, 2.05) is 6.92 Å². The number of hydrogen-bond acceptors (Lipinski definition) is 5. The van der Waals surface area contributed by atoms with Gasteiger partial charge in [0.1, 0.15) is 12.5 Å². The van der Waals surface area contributed by atoms with E-state index in [9.17, 15) is 9.65 Å². The first-order valence-electron chi connectivity index (χ1n) is 8.85. The molecule has 0 radical (unpaired) electrons. The number of aryl methyl sites for hydroxylation is 1. The number of aromatic nitrogens is 4. The number of nitrogens with two attached hydrogens (primary N) is 1. The molecule has 0 bridgehead atoms. The molecule has 7 heteroatoms. The van der Waals surface area contributed by atoms with Crippen LogP contribution < -0.4 is 5.73 Å². The van der Waals surface area contributed by atoms with Crippen molar-refractivity contribution >= 4 is 11.9 Å². The number of alkyl halides is 1. The Balaban J connectivity index is 2.02. The van der Waals surface area contributed by atoms with Crippen LogP contribution in [0.3, 0.4) is 0 Å². The van der Waals surface area contributed by atoms with Gasteiger partial charge >= 0.3 is 0 Å². The molecule has 0 saturated heterocycles. The van der Waals surface area contributed by atoms with Crippen molar-refractivity contribution in [2.45, 2.75) is 44.8 Å². The van der Waals surface area contributed by atoms with Crippen LogP contribution in [0.2, 0.25) is 0 Å². The summed E-state index contributed by atoms with van der Waals surface area (Å²) in [6, 6.07) is 1.98. The van der Waals surface area contributed by atoms with Gasteiger partial charge in [-0.25, -0.2) is 14.4 Å². The number of hydrogen-bond donors (Lipinski definition) is 1. The summed E-state index contributed by atoms with van der Waals surface area (Å²) in [5, 5.41) is 13.7. The first-order chi connectivity index (χ1) is 13.0. The molecule has 3 rings (SSSR count). The lowest BCUT2D eigenvalue weighted by molar-refractivity contribution is 0.280. The summed E-state index contributed by atoms with van der Waals surface area (Å²) >= 11 is 0. The van der Waals surface area contributed by atoms with E-state index in [0.29, 0.717) is 29.9 Å². The summed E-state index contributed by atoms with van der Waals surface area (Å²) in [5.41, 5.74) is 8.98. The van der Waals surface area contributed by atoms with Crippen molar-refractivity contribution in [3.05, 3.63) is 29.9 Å². The average molecular weight is 364 g/mol. The fourth-order valence-corrected chi connectivity index (χ4v) is 3.67. The lowest BCUT2D eigenvalue weighted by Crippen LogP contribution is -2.18. The van der Waals surface area contributed by atoms with Gasteiger partial charge in [0.15, 0.2) is 5.82 Å². The number of terminal acetylenes is 1. The van der Waals surface area contributed by atoms with Gasteiger partial charge in [-0.15, -0.1) is 6.42 Å². The predicted molar refractivity (Wildman–Crippen MR) is 102 cm³/mol. The third-order valence-corrected chi connectivity index (χ3v) is 5.04. The molecule has 138 valence electrons. The van der Waals surface area contributed by atoms with Crippen LogP contribution in [0.25, 0.3) is 17.3 Å². The molecule has 1 fully saturated rings. The zero-order valence-electron chi connectivity index (χ0n) is 15.1. The van der Waals surface area contributed by atoms with Crippen molar-refractivity contribution in [1.29, 1.82) is 5.26 Å². The van der Waals surface area contributed by atoms with Crippen molar-refractivity contribution in [1.82, 2.24) is 19.7 Å².